The third-order valence-electron chi connectivity index (χ3n) is 4.96. The molecule has 1 saturated heterocycles. The maximum atomic E-state index is 12.7. The van der Waals surface area contributed by atoms with Crippen molar-refractivity contribution in [2.45, 2.75) is 64.0 Å². The van der Waals surface area contributed by atoms with Gasteiger partial charge in [-0.15, -0.1) is 0 Å². The number of aliphatic hydroxyl groups excluding tert-OH is 1. The average Bonchev–Trinajstić information content (AvgIpc) is 2.47. The molecule has 1 aliphatic heterocycles. The van der Waals surface area contributed by atoms with Crippen molar-refractivity contribution in [3.8, 4) is 0 Å². The third-order valence-corrected chi connectivity index (χ3v) is 7.00. The van der Waals surface area contributed by atoms with E-state index in [0.29, 0.717) is 13.1 Å². The second-order valence-electron chi connectivity index (χ2n) is 6.29. The molecule has 0 amide bonds. The van der Waals surface area contributed by atoms with Crippen molar-refractivity contribution in [3.63, 3.8) is 0 Å². The fourth-order valence-corrected chi connectivity index (χ4v) is 5.03. The Kier molecular flexibility index (Phi) is 5.45. The summed E-state index contributed by atoms with van der Waals surface area (Å²) >= 11 is 0. The van der Waals surface area contributed by atoms with E-state index in [1.807, 2.05) is 0 Å². The molecular weight excluding hydrogens is 276 g/mol. The first-order valence-electron chi connectivity index (χ1n) is 7.84. The standard InChI is InChI=1S/C14H28N2O3S/c1-12(17)13-8-10-16(11-9-13)20(18,19)15(2)14-6-4-3-5-7-14/h12-14,17H,3-11H2,1-2H3. The molecule has 6 heteroatoms. The molecule has 0 spiro atoms. The maximum Gasteiger partial charge on any atom is 0.281 e. The largest absolute Gasteiger partial charge is 0.393 e. The highest BCUT2D eigenvalue weighted by Gasteiger charge is 2.35. The van der Waals surface area contributed by atoms with Crippen LogP contribution in [0.1, 0.15) is 51.9 Å². The Morgan fingerprint density at radius 1 is 1.10 bits per heavy atom. The van der Waals surface area contributed by atoms with Crippen LogP contribution in [0, 0.1) is 5.92 Å². The molecule has 1 aliphatic carbocycles. The van der Waals surface area contributed by atoms with E-state index < -0.39 is 10.2 Å². The van der Waals surface area contributed by atoms with Crippen LogP contribution in [-0.4, -0.2) is 54.4 Å². The predicted molar refractivity (Wildman–Crippen MR) is 79.5 cm³/mol. The lowest BCUT2D eigenvalue weighted by Gasteiger charge is -2.38. The first-order chi connectivity index (χ1) is 9.43. The zero-order valence-electron chi connectivity index (χ0n) is 12.7. The lowest BCUT2D eigenvalue weighted by Crippen LogP contribution is -2.50. The fraction of sp³-hybridized carbons (Fsp3) is 1.00. The zero-order valence-corrected chi connectivity index (χ0v) is 13.5. The summed E-state index contributed by atoms with van der Waals surface area (Å²) in [6, 6.07) is 0.170. The van der Waals surface area contributed by atoms with Gasteiger partial charge in [0.05, 0.1) is 6.10 Å². The minimum atomic E-state index is -3.33. The molecule has 1 N–H and O–H groups in total. The number of rotatable bonds is 4. The summed E-state index contributed by atoms with van der Waals surface area (Å²) in [7, 11) is -1.60. The van der Waals surface area contributed by atoms with E-state index in [1.165, 1.54) is 6.42 Å². The van der Waals surface area contributed by atoms with Gasteiger partial charge < -0.3 is 5.11 Å². The Hall–Kier alpha value is -0.170. The highest BCUT2D eigenvalue weighted by Crippen LogP contribution is 2.27. The maximum absolute atomic E-state index is 12.7. The van der Waals surface area contributed by atoms with Crippen molar-refractivity contribution in [2.75, 3.05) is 20.1 Å². The second-order valence-corrected chi connectivity index (χ2v) is 8.28. The van der Waals surface area contributed by atoms with Crippen LogP contribution in [0.3, 0.4) is 0 Å². The Morgan fingerprint density at radius 2 is 1.65 bits per heavy atom. The summed E-state index contributed by atoms with van der Waals surface area (Å²) in [5.41, 5.74) is 0. The highest BCUT2D eigenvalue weighted by atomic mass is 32.2. The molecule has 1 saturated carbocycles. The van der Waals surface area contributed by atoms with Crippen LogP contribution < -0.4 is 0 Å². The molecule has 1 heterocycles. The van der Waals surface area contributed by atoms with Gasteiger partial charge in [0.1, 0.15) is 0 Å². The average molecular weight is 304 g/mol. The van der Waals surface area contributed by atoms with Crippen molar-refractivity contribution >= 4 is 10.2 Å². The van der Waals surface area contributed by atoms with E-state index in [4.69, 9.17) is 0 Å². The van der Waals surface area contributed by atoms with Gasteiger partial charge in [0.25, 0.3) is 10.2 Å². The van der Waals surface area contributed by atoms with Gasteiger partial charge >= 0.3 is 0 Å². The van der Waals surface area contributed by atoms with Gasteiger partial charge in [-0.05, 0) is 38.5 Å². The van der Waals surface area contributed by atoms with E-state index in [0.717, 1.165) is 38.5 Å². The quantitative estimate of drug-likeness (QED) is 0.858. The first-order valence-corrected chi connectivity index (χ1v) is 9.24. The molecular formula is C14H28N2O3S. The van der Waals surface area contributed by atoms with Crippen LogP contribution in [0.2, 0.25) is 0 Å². The number of nitrogens with zero attached hydrogens (tertiary/aromatic N) is 2. The molecule has 2 rings (SSSR count). The molecule has 0 bridgehead atoms. The minimum Gasteiger partial charge on any atom is -0.393 e. The van der Waals surface area contributed by atoms with Crippen LogP contribution >= 0.6 is 0 Å². The zero-order chi connectivity index (χ0) is 14.8. The summed E-state index contributed by atoms with van der Waals surface area (Å²) < 4.78 is 28.5. The van der Waals surface area contributed by atoms with Gasteiger partial charge in [-0.1, -0.05) is 19.3 Å². The molecule has 0 radical (unpaired) electrons. The summed E-state index contributed by atoms with van der Waals surface area (Å²) in [4.78, 5) is 0. The van der Waals surface area contributed by atoms with Crippen molar-refractivity contribution in [1.29, 1.82) is 0 Å². The van der Waals surface area contributed by atoms with Crippen molar-refractivity contribution in [1.82, 2.24) is 8.61 Å². The molecule has 0 aromatic heterocycles. The van der Waals surface area contributed by atoms with Crippen LogP contribution in [0.25, 0.3) is 0 Å². The van der Waals surface area contributed by atoms with Crippen molar-refractivity contribution < 1.29 is 13.5 Å². The van der Waals surface area contributed by atoms with Crippen LogP contribution in [0.5, 0.6) is 0 Å². The van der Waals surface area contributed by atoms with Gasteiger partial charge in [0.2, 0.25) is 0 Å². The van der Waals surface area contributed by atoms with E-state index >= 15 is 0 Å². The summed E-state index contributed by atoms with van der Waals surface area (Å²) in [6.45, 7) is 2.87. The van der Waals surface area contributed by atoms with Crippen molar-refractivity contribution in [3.05, 3.63) is 0 Å². The van der Waals surface area contributed by atoms with Gasteiger partial charge in [-0.3, -0.25) is 0 Å². The number of aliphatic hydroxyl groups is 1. The summed E-state index contributed by atoms with van der Waals surface area (Å²) in [6.07, 6.45) is 6.65. The van der Waals surface area contributed by atoms with Gasteiger partial charge in [0, 0.05) is 26.2 Å². The topological polar surface area (TPSA) is 60.9 Å². The first kappa shape index (κ1) is 16.2. The van der Waals surface area contributed by atoms with E-state index in [2.05, 4.69) is 0 Å². The molecule has 118 valence electrons. The summed E-state index contributed by atoms with van der Waals surface area (Å²) in [5.74, 6) is 0.237. The van der Waals surface area contributed by atoms with E-state index in [1.54, 1.807) is 22.6 Å². The monoisotopic (exact) mass is 304 g/mol. The molecule has 1 atom stereocenters. The van der Waals surface area contributed by atoms with Crippen LogP contribution in [-0.2, 0) is 10.2 Å². The molecule has 5 nitrogen and oxygen atoms in total. The predicted octanol–water partition coefficient (Wildman–Crippen LogP) is 1.59. The van der Waals surface area contributed by atoms with E-state index in [-0.39, 0.29) is 18.1 Å². The summed E-state index contributed by atoms with van der Waals surface area (Å²) in [5, 5.41) is 9.60. The number of hydrogen-bond donors (Lipinski definition) is 1. The fourth-order valence-electron chi connectivity index (χ4n) is 3.40. The van der Waals surface area contributed by atoms with Crippen molar-refractivity contribution in [2.24, 2.45) is 5.92 Å². The molecule has 20 heavy (non-hydrogen) atoms. The Morgan fingerprint density at radius 3 is 2.15 bits per heavy atom. The highest BCUT2D eigenvalue weighted by molar-refractivity contribution is 7.86. The smallest absolute Gasteiger partial charge is 0.281 e. The number of piperidine rings is 1. The Labute approximate surface area is 123 Å². The lowest BCUT2D eigenvalue weighted by molar-refractivity contribution is 0.0893. The van der Waals surface area contributed by atoms with Gasteiger partial charge in [0.15, 0.2) is 0 Å². The van der Waals surface area contributed by atoms with Gasteiger partial charge in [-0.25, -0.2) is 0 Å². The molecule has 0 aromatic rings. The normalized spacial score (nSPS) is 26.0. The Bertz CT molecular complexity index is 397. The molecule has 2 aliphatic rings. The van der Waals surface area contributed by atoms with Crippen LogP contribution in [0.4, 0.5) is 0 Å². The lowest BCUT2D eigenvalue weighted by atomic mass is 9.93. The van der Waals surface area contributed by atoms with Gasteiger partial charge in [-0.2, -0.15) is 17.0 Å². The number of hydrogen-bond acceptors (Lipinski definition) is 3. The molecule has 0 aromatic carbocycles. The SMILES string of the molecule is CC(O)C1CCN(S(=O)(=O)N(C)C2CCCCC2)CC1. The Balaban J connectivity index is 1.96. The third kappa shape index (κ3) is 3.53. The molecule has 2 fully saturated rings. The van der Waals surface area contributed by atoms with Crippen LogP contribution in [0.15, 0.2) is 0 Å². The second kappa shape index (κ2) is 6.73. The molecule has 1 unspecified atom stereocenters. The minimum absolute atomic E-state index is 0.170. The van der Waals surface area contributed by atoms with E-state index in [9.17, 15) is 13.5 Å².